The Kier molecular flexibility index (Phi) is 3.58. The van der Waals surface area contributed by atoms with Crippen LogP contribution in [0, 0.1) is 5.92 Å². The zero-order chi connectivity index (χ0) is 17.1. The highest BCUT2D eigenvalue weighted by Gasteiger charge is 2.71. The maximum absolute atomic E-state index is 12.3. The molecule has 4 aliphatic rings. The number of rotatable bonds is 4. The van der Waals surface area contributed by atoms with E-state index in [9.17, 15) is 19.8 Å². The molecule has 4 aliphatic carbocycles. The van der Waals surface area contributed by atoms with Crippen molar-refractivity contribution < 1.29 is 29.3 Å². The van der Waals surface area contributed by atoms with Gasteiger partial charge in [-0.1, -0.05) is 13.8 Å². The molecule has 4 bridgehead atoms. The number of ether oxygens (including phenoxy) is 2. The van der Waals surface area contributed by atoms with Gasteiger partial charge >= 0.3 is 11.9 Å². The average molecular weight is 326 g/mol. The highest BCUT2D eigenvalue weighted by Crippen LogP contribution is 2.63. The van der Waals surface area contributed by atoms with Crippen LogP contribution in [0.25, 0.3) is 0 Å². The predicted octanol–water partition coefficient (Wildman–Crippen LogP) is 1.46. The summed E-state index contributed by atoms with van der Waals surface area (Å²) in [5.41, 5.74) is -4.21. The Morgan fingerprint density at radius 2 is 1.43 bits per heavy atom. The SMILES string of the molecule is CCC(C)C(=O)OC12CC3(O)CC(O)(CC(OC(C)=O)(C3)C1)C2. The lowest BCUT2D eigenvalue weighted by Gasteiger charge is -2.65. The molecule has 6 heteroatoms. The minimum Gasteiger partial charge on any atom is -0.459 e. The minimum absolute atomic E-state index is 0.239. The molecule has 0 aromatic carbocycles. The quantitative estimate of drug-likeness (QED) is 0.760. The first-order chi connectivity index (χ1) is 10.5. The second-order valence-electron chi connectivity index (χ2n) is 8.20. The van der Waals surface area contributed by atoms with E-state index in [1.54, 1.807) is 6.92 Å². The molecule has 0 heterocycles. The van der Waals surface area contributed by atoms with Gasteiger partial charge in [0.1, 0.15) is 11.2 Å². The second kappa shape index (κ2) is 4.93. The van der Waals surface area contributed by atoms with Crippen molar-refractivity contribution >= 4 is 11.9 Å². The van der Waals surface area contributed by atoms with Gasteiger partial charge in [-0.05, 0) is 6.42 Å². The fraction of sp³-hybridized carbons (Fsp3) is 0.882. The van der Waals surface area contributed by atoms with E-state index in [1.165, 1.54) is 6.92 Å². The van der Waals surface area contributed by atoms with Crippen molar-refractivity contribution in [1.82, 2.24) is 0 Å². The van der Waals surface area contributed by atoms with Gasteiger partial charge in [0, 0.05) is 45.4 Å². The molecule has 0 aromatic heterocycles. The largest absolute Gasteiger partial charge is 0.459 e. The lowest BCUT2D eigenvalue weighted by atomic mass is 9.48. The minimum atomic E-state index is -1.16. The molecule has 130 valence electrons. The number of hydrogen-bond donors (Lipinski definition) is 2. The van der Waals surface area contributed by atoms with Crippen LogP contribution < -0.4 is 0 Å². The number of hydrogen-bond acceptors (Lipinski definition) is 6. The van der Waals surface area contributed by atoms with Crippen molar-refractivity contribution in [2.24, 2.45) is 5.92 Å². The Morgan fingerprint density at radius 1 is 0.957 bits per heavy atom. The summed E-state index contributed by atoms with van der Waals surface area (Å²) in [4.78, 5) is 23.8. The summed E-state index contributed by atoms with van der Waals surface area (Å²) >= 11 is 0. The third-order valence-electron chi connectivity index (χ3n) is 5.60. The standard InChI is InChI=1S/C17H26O6/c1-4-11(2)13(19)23-17-8-14(20)5-15(21,9-17)7-16(6-14,10-17)22-12(3)18/h11,20-21H,4-10H2,1-3H3. The monoisotopic (exact) mass is 326 g/mol. The zero-order valence-electron chi connectivity index (χ0n) is 14.1. The summed E-state index contributed by atoms with van der Waals surface area (Å²) in [7, 11) is 0. The van der Waals surface area contributed by atoms with Crippen molar-refractivity contribution in [1.29, 1.82) is 0 Å². The summed E-state index contributed by atoms with van der Waals surface area (Å²) in [5, 5.41) is 21.8. The summed E-state index contributed by atoms with van der Waals surface area (Å²) in [6.45, 7) is 5.03. The van der Waals surface area contributed by atoms with Gasteiger partial charge in [0.25, 0.3) is 0 Å². The van der Waals surface area contributed by atoms with E-state index in [0.29, 0.717) is 38.5 Å². The van der Waals surface area contributed by atoms with E-state index in [4.69, 9.17) is 9.47 Å². The van der Waals surface area contributed by atoms with Crippen LogP contribution in [0.4, 0.5) is 0 Å². The van der Waals surface area contributed by atoms with Crippen molar-refractivity contribution in [3.05, 3.63) is 0 Å². The molecule has 4 fully saturated rings. The van der Waals surface area contributed by atoms with Crippen LogP contribution in [0.3, 0.4) is 0 Å². The Balaban J connectivity index is 1.93. The van der Waals surface area contributed by atoms with Gasteiger partial charge in [-0.15, -0.1) is 0 Å². The van der Waals surface area contributed by atoms with Crippen molar-refractivity contribution in [3.8, 4) is 0 Å². The molecule has 0 amide bonds. The summed E-state index contributed by atoms with van der Waals surface area (Å²) in [6.07, 6.45) is 2.45. The lowest BCUT2D eigenvalue weighted by molar-refractivity contribution is -0.304. The van der Waals surface area contributed by atoms with Crippen LogP contribution in [0.2, 0.25) is 0 Å². The van der Waals surface area contributed by atoms with E-state index < -0.39 is 28.4 Å². The highest BCUT2D eigenvalue weighted by atomic mass is 16.6. The molecule has 4 rings (SSSR count). The van der Waals surface area contributed by atoms with E-state index in [-0.39, 0.29) is 18.3 Å². The van der Waals surface area contributed by atoms with Gasteiger partial charge in [0.15, 0.2) is 0 Å². The van der Waals surface area contributed by atoms with Gasteiger partial charge in [0.2, 0.25) is 0 Å². The zero-order valence-corrected chi connectivity index (χ0v) is 14.1. The third-order valence-corrected chi connectivity index (χ3v) is 5.60. The molecular formula is C17H26O6. The van der Waals surface area contributed by atoms with Crippen LogP contribution in [0.5, 0.6) is 0 Å². The molecule has 4 saturated carbocycles. The smallest absolute Gasteiger partial charge is 0.309 e. The number of aliphatic hydroxyl groups is 2. The first-order valence-electron chi connectivity index (χ1n) is 8.40. The molecule has 3 atom stereocenters. The second-order valence-corrected chi connectivity index (χ2v) is 8.20. The molecule has 3 unspecified atom stereocenters. The lowest BCUT2D eigenvalue weighted by Crippen LogP contribution is -2.73. The fourth-order valence-electron chi connectivity index (χ4n) is 5.35. The van der Waals surface area contributed by atoms with E-state index in [2.05, 4.69) is 0 Å². The molecule has 0 aromatic rings. The van der Waals surface area contributed by atoms with Crippen LogP contribution in [0.1, 0.15) is 65.7 Å². The maximum atomic E-state index is 12.3. The van der Waals surface area contributed by atoms with Gasteiger partial charge < -0.3 is 19.7 Å². The Morgan fingerprint density at radius 3 is 1.87 bits per heavy atom. The van der Waals surface area contributed by atoms with Crippen LogP contribution >= 0.6 is 0 Å². The van der Waals surface area contributed by atoms with E-state index >= 15 is 0 Å². The number of carbonyl (C=O) groups is 2. The fourth-order valence-corrected chi connectivity index (χ4v) is 5.35. The molecule has 0 spiro atoms. The topological polar surface area (TPSA) is 93.1 Å². The third kappa shape index (κ3) is 2.87. The van der Waals surface area contributed by atoms with Crippen molar-refractivity contribution in [3.63, 3.8) is 0 Å². The van der Waals surface area contributed by atoms with Crippen LogP contribution in [0.15, 0.2) is 0 Å². The molecular weight excluding hydrogens is 300 g/mol. The Bertz CT molecular complexity index is 523. The normalized spacial score (nSPS) is 45.6. The van der Waals surface area contributed by atoms with E-state index in [1.807, 2.05) is 6.92 Å². The maximum Gasteiger partial charge on any atom is 0.309 e. The summed E-state index contributed by atoms with van der Waals surface area (Å²) in [5.74, 6) is -1.00. The molecule has 0 radical (unpaired) electrons. The number of esters is 2. The van der Waals surface area contributed by atoms with Gasteiger partial charge in [0.05, 0.1) is 17.1 Å². The Labute approximate surface area is 136 Å². The Hall–Kier alpha value is -1.14. The van der Waals surface area contributed by atoms with Gasteiger partial charge in [-0.3, -0.25) is 9.59 Å². The highest BCUT2D eigenvalue weighted by molar-refractivity contribution is 5.72. The first-order valence-corrected chi connectivity index (χ1v) is 8.40. The first kappa shape index (κ1) is 16.7. The molecule has 2 N–H and O–H groups in total. The van der Waals surface area contributed by atoms with E-state index in [0.717, 1.165) is 0 Å². The average Bonchev–Trinajstić information content (AvgIpc) is 2.30. The molecule has 0 aliphatic heterocycles. The molecule has 6 nitrogen and oxygen atoms in total. The van der Waals surface area contributed by atoms with Crippen LogP contribution in [-0.2, 0) is 19.1 Å². The van der Waals surface area contributed by atoms with Crippen molar-refractivity contribution in [2.45, 2.75) is 88.1 Å². The molecule has 23 heavy (non-hydrogen) atoms. The van der Waals surface area contributed by atoms with Crippen molar-refractivity contribution in [2.75, 3.05) is 0 Å². The summed E-state index contributed by atoms with van der Waals surface area (Å²) in [6, 6.07) is 0. The van der Waals surface area contributed by atoms with Gasteiger partial charge in [-0.2, -0.15) is 0 Å². The van der Waals surface area contributed by atoms with Gasteiger partial charge in [-0.25, -0.2) is 0 Å². The van der Waals surface area contributed by atoms with Crippen LogP contribution in [-0.4, -0.2) is 44.6 Å². The molecule has 0 saturated heterocycles. The summed E-state index contributed by atoms with van der Waals surface area (Å²) < 4.78 is 11.3. The number of carbonyl (C=O) groups excluding carboxylic acids is 2. The predicted molar refractivity (Wildman–Crippen MR) is 80.4 cm³/mol.